The van der Waals surface area contributed by atoms with Gasteiger partial charge in [-0.2, -0.15) is 0 Å². The van der Waals surface area contributed by atoms with E-state index >= 15 is 0 Å². The van der Waals surface area contributed by atoms with Crippen molar-refractivity contribution in [2.45, 2.75) is 40.7 Å². The summed E-state index contributed by atoms with van der Waals surface area (Å²) < 4.78 is 5.85. The summed E-state index contributed by atoms with van der Waals surface area (Å²) in [6.07, 6.45) is 1.05. The smallest absolute Gasteiger partial charge is 0.126 e. The average Bonchev–Trinajstić information content (AvgIpc) is 2.29. The number of hydrogen-bond donors (Lipinski definition) is 1. The zero-order chi connectivity index (χ0) is 12.0. The topological polar surface area (TPSA) is 21.3 Å². The number of nitrogens with one attached hydrogen (secondary N) is 1. The van der Waals surface area contributed by atoms with Crippen LogP contribution in [0.2, 0.25) is 0 Å². The first kappa shape index (κ1) is 13.0. The summed E-state index contributed by atoms with van der Waals surface area (Å²) in [4.78, 5) is 0. The minimum absolute atomic E-state index is 0.795. The van der Waals surface area contributed by atoms with Gasteiger partial charge in [0, 0.05) is 12.1 Å². The highest BCUT2D eigenvalue weighted by Gasteiger charge is 2.08. The predicted molar refractivity (Wildman–Crippen MR) is 69.1 cm³/mol. The molecular weight excluding hydrogens is 198 g/mol. The summed E-state index contributed by atoms with van der Waals surface area (Å²) in [7, 11) is 0. The Bertz CT molecular complexity index is 334. The minimum atomic E-state index is 0.795. The molecule has 0 aliphatic rings. The maximum atomic E-state index is 5.85. The van der Waals surface area contributed by atoms with E-state index < -0.39 is 0 Å². The van der Waals surface area contributed by atoms with Crippen molar-refractivity contribution in [3.63, 3.8) is 0 Å². The van der Waals surface area contributed by atoms with Gasteiger partial charge in [0.25, 0.3) is 0 Å². The zero-order valence-electron chi connectivity index (χ0n) is 10.9. The largest absolute Gasteiger partial charge is 0.493 e. The SMILES string of the molecule is CCCOc1c(CNCC)ccc(C)c1C. The molecule has 0 aromatic heterocycles. The fourth-order valence-corrected chi connectivity index (χ4v) is 1.65. The van der Waals surface area contributed by atoms with Crippen LogP contribution in [0.1, 0.15) is 37.0 Å². The van der Waals surface area contributed by atoms with E-state index in [0.717, 1.165) is 31.9 Å². The summed E-state index contributed by atoms with van der Waals surface area (Å²) in [5.41, 5.74) is 3.83. The molecule has 1 aromatic rings. The van der Waals surface area contributed by atoms with Gasteiger partial charge in [-0.1, -0.05) is 26.0 Å². The van der Waals surface area contributed by atoms with Crippen LogP contribution in [0.25, 0.3) is 0 Å². The van der Waals surface area contributed by atoms with Crippen LogP contribution in [0.3, 0.4) is 0 Å². The Morgan fingerprint density at radius 2 is 1.94 bits per heavy atom. The Hall–Kier alpha value is -1.02. The Kier molecular flexibility index (Phi) is 5.33. The van der Waals surface area contributed by atoms with E-state index in [1.54, 1.807) is 0 Å². The molecule has 0 amide bonds. The molecule has 16 heavy (non-hydrogen) atoms. The molecule has 1 aromatic carbocycles. The Balaban J connectivity index is 2.91. The lowest BCUT2D eigenvalue weighted by molar-refractivity contribution is 0.311. The second-order valence-electron chi connectivity index (χ2n) is 4.12. The maximum Gasteiger partial charge on any atom is 0.126 e. The van der Waals surface area contributed by atoms with Crippen LogP contribution in [-0.2, 0) is 6.54 Å². The van der Waals surface area contributed by atoms with Crippen LogP contribution in [0.5, 0.6) is 5.75 Å². The van der Waals surface area contributed by atoms with Gasteiger partial charge >= 0.3 is 0 Å². The zero-order valence-corrected chi connectivity index (χ0v) is 10.9. The molecule has 0 radical (unpaired) electrons. The lowest BCUT2D eigenvalue weighted by atomic mass is 10.0. The van der Waals surface area contributed by atoms with E-state index in [0.29, 0.717) is 0 Å². The molecule has 0 aliphatic carbocycles. The molecule has 0 saturated heterocycles. The molecule has 0 spiro atoms. The van der Waals surface area contributed by atoms with Crippen LogP contribution in [0.4, 0.5) is 0 Å². The van der Waals surface area contributed by atoms with Gasteiger partial charge in [0.1, 0.15) is 5.75 Å². The monoisotopic (exact) mass is 221 g/mol. The van der Waals surface area contributed by atoms with Gasteiger partial charge in [0.15, 0.2) is 0 Å². The first-order valence-electron chi connectivity index (χ1n) is 6.13. The quantitative estimate of drug-likeness (QED) is 0.796. The van der Waals surface area contributed by atoms with Gasteiger partial charge in [0.05, 0.1) is 6.61 Å². The third-order valence-corrected chi connectivity index (χ3v) is 2.77. The summed E-state index contributed by atoms with van der Waals surface area (Å²) in [6, 6.07) is 4.33. The van der Waals surface area contributed by atoms with Crippen LogP contribution >= 0.6 is 0 Å². The van der Waals surface area contributed by atoms with Gasteiger partial charge in [-0.3, -0.25) is 0 Å². The van der Waals surface area contributed by atoms with Gasteiger partial charge in [-0.05, 0) is 37.9 Å². The summed E-state index contributed by atoms with van der Waals surface area (Å²) in [6.45, 7) is 11.2. The van der Waals surface area contributed by atoms with Crippen molar-refractivity contribution in [1.82, 2.24) is 5.32 Å². The molecular formula is C14H23NO. The van der Waals surface area contributed by atoms with Crippen molar-refractivity contribution in [3.05, 3.63) is 28.8 Å². The molecule has 0 atom stereocenters. The van der Waals surface area contributed by atoms with Crippen molar-refractivity contribution in [2.24, 2.45) is 0 Å². The third-order valence-electron chi connectivity index (χ3n) is 2.77. The van der Waals surface area contributed by atoms with Crippen LogP contribution in [0, 0.1) is 13.8 Å². The van der Waals surface area contributed by atoms with E-state index in [4.69, 9.17) is 4.74 Å². The molecule has 0 aliphatic heterocycles. The number of aryl methyl sites for hydroxylation is 1. The molecule has 2 nitrogen and oxygen atoms in total. The second kappa shape index (κ2) is 6.54. The molecule has 0 fully saturated rings. The summed E-state index contributed by atoms with van der Waals surface area (Å²) in [5, 5.41) is 3.35. The lowest BCUT2D eigenvalue weighted by Gasteiger charge is -2.15. The van der Waals surface area contributed by atoms with E-state index in [9.17, 15) is 0 Å². The second-order valence-corrected chi connectivity index (χ2v) is 4.12. The molecule has 0 saturated carbocycles. The number of ether oxygens (including phenoxy) is 1. The van der Waals surface area contributed by atoms with Crippen molar-refractivity contribution >= 4 is 0 Å². The third kappa shape index (κ3) is 3.24. The van der Waals surface area contributed by atoms with Crippen molar-refractivity contribution < 1.29 is 4.74 Å². The molecule has 0 unspecified atom stereocenters. The predicted octanol–water partition coefficient (Wildman–Crippen LogP) is 3.20. The van der Waals surface area contributed by atoms with Crippen LogP contribution in [-0.4, -0.2) is 13.2 Å². The minimum Gasteiger partial charge on any atom is -0.493 e. The lowest BCUT2D eigenvalue weighted by Crippen LogP contribution is -2.13. The molecule has 90 valence electrons. The Morgan fingerprint density at radius 3 is 2.56 bits per heavy atom. The van der Waals surface area contributed by atoms with Gasteiger partial charge in [-0.15, -0.1) is 0 Å². The molecule has 1 N–H and O–H groups in total. The highest BCUT2D eigenvalue weighted by Crippen LogP contribution is 2.26. The fraction of sp³-hybridized carbons (Fsp3) is 0.571. The summed E-state index contributed by atoms with van der Waals surface area (Å²) >= 11 is 0. The first-order valence-corrected chi connectivity index (χ1v) is 6.13. The highest BCUT2D eigenvalue weighted by atomic mass is 16.5. The van der Waals surface area contributed by atoms with E-state index in [2.05, 4.69) is 45.1 Å². The number of benzene rings is 1. The fourth-order valence-electron chi connectivity index (χ4n) is 1.65. The number of hydrogen-bond acceptors (Lipinski definition) is 2. The van der Waals surface area contributed by atoms with Gasteiger partial charge < -0.3 is 10.1 Å². The van der Waals surface area contributed by atoms with Crippen LogP contribution < -0.4 is 10.1 Å². The van der Waals surface area contributed by atoms with Crippen molar-refractivity contribution in [2.75, 3.05) is 13.2 Å². The average molecular weight is 221 g/mol. The maximum absolute atomic E-state index is 5.85. The Morgan fingerprint density at radius 1 is 1.19 bits per heavy atom. The van der Waals surface area contributed by atoms with Crippen LogP contribution in [0.15, 0.2) is 12.1 Å². The Labute approximate surface area is 99.0 Å². The van der Waals surface area contributed by atoms with E-state index in [-0.39, 0.29) is 0 Å². The van der Waals surface area contributed by atoms with Crippen molar-refractivity contribution in [1.29, 1.82) is 0 Å². The highest BCUT2D eigenvalue weighted by molar-refractivity contribution is 5.45. The molecule has 0 bridgehead atoms. The first-order chi connectivity index (χ1) is 7.70. The molecule has 1 rings (SSSR count). The molecule has 2 heteroatoms. The summed E-state index contributed by atoms with van der Waals surface area (Å²) in [5.74, 6) is 1.07. The molecule has 0 heterocycles. The standard InChI is InChI=1S/C14H23NO/c1-5-9-16-14-12(4)11(3)7-8-13(14)10-15-6-2/h7-8,15H,5-6,9-10H2,1-4H3. The van der Waals surface area contributed by atoms with Crippen molar-refractivity contribution in [3.8, 4) is 5.75 Å². The normalized spacial score (nSPS) is 10.5. The number of rotatable bonds is 6. The van der Waals surface area contributed by atoms with E-state index in [1.165, 1.54) is 16.7 Å². The van der Waals surface area contributed by atoms with E-state index in [1.807, 2.05) is 0 Å². The van der Waals surface area contributed by atoms with Gasteiger partial charge in [-0.25, -0.2) is 0 Å². The van der Waals surface area contributed by atoms with Gasteiger partial charge in [0.2, 0.25) is 0 Å².